The second kappa shape index (κ2) is 8.28. The predicted octanol–water partition coefficient (Wildman–Crippen LogP) is -1.52. The number of guanidine groups is 1. The van der Waals surface area contributed by atoms with Crippen molar-refractivity contribution in [1.82, 2.24) is 10.7 Å². The van der Waals surface area contributed by atoms with Gasteiger partial charge in [-0.15, -0.1) is 17.0 Å². The Labute approximate surface area is 81.5 Å². The number of amides is 1. The predicted molar refractivity (Wildman–Crippen MR) is 52.8 cm³/mol. The van der Waals surface area contributed by atoms with Gasteiger partial charge in [-0.3, -0.25) is 15.2 Å². The molecule has 0 aromatic heterocycles. The molecule has 0 bridgehead atoms. The third-order valence-electron chi connectivity index (χ3n) is 0.916. The van der Waals surface area contributed by atoms with Gasteiger partial charge in [-0.25, -0.2) is 5.84 Å². The molecule has 12 heavy (non-hydrogen) atoms. The maximum atomic E-state index is 10.3. The van der Waals surface area contributed by atoms with Crippen molar-refractivity contribution < 1.29 is 4.79 Å². The molecular weight excluding hydrogens is 226 g/mol. The number of hydrazine groups is 1. The van der Waals surface area contributed by atoms with E-state index in [0.717, 1.165) is 0 Å². The molecule has 72 valence electrons. The van der Waals surface area contributed by atoms with Gasteiger partial charge in [-0.05, 0) is 0 Å². The van der Waals surface area contributed by atoms with Crippen molar-refractivity contribution >= 4 is 28.8 Å². The standard InChI is InChI=1S/C5H13N5O.BrH/c1-4(11)8-2-3-9-5(6)10-7;/h2-3,7H2,1H3,(H,8,11)(H3,6,9,10);1H. The zero-order valence-electron chi connectivity index (χ0n) is 6.83. The molecule has 0 unspecified atom stereocenters. The Hall–Kier alpha value is -0.820. The average Bonchev–Trinajstić information content (AvgIpc) is 1.97. The SMILES string of the molecule is Br.CC(=O)NCCN=C(N)NN. The highest BCUT2D eigenvalue weighted by atomic mass is 79.9. The molecule has 0 aromatic rings. The summed E-state index contributed by atoms with van der Waals surface area (Å²) < 4.78 is 0. The van der Waals surface area contributed by atoms with Gasteiger partial charge in [0.2, 0.25) is 11.9 Å². The second-order valence-corrected chi connectivity index (χ2v) is 1.89. The van der Waals surface area contributed by atoms with Gasteiger partial charge < -0.3 is 11.1 Å². The first-order chi connectivity index (χ1) is 5.16. The van der Waals surface area contributed by atoms with Gasteiger partial charge in [0.15, 0.2) is 0 Å². The Kier molecular flexibility index (Phi) is 9.48. The van der Waals surface area contributed by atoms with E-state index in [1.54, 1.807) is 0 Å². The molecule has 6 nitrogen and oxygen atoms in total. The fourth-order valence-electron chi connectivity index (χ4n) is 0.454. The molecule has 0 aliphatic heterocycles. The molecule has 0 heterocycles. The molecule has 6 N–H and O–H groups in total. The van der Waals surface area contributed by atoms with Crippen LogP contribution in [0.1, 0.15) is 6.92 Å². The topological polar surface area (TPSA) is 106 Å². The van der Waals surface area contributed by atoms with Gasteiger partial charge in [0.05, 0.1) is 6.54 Å². The summed E-state index contributed by atoms with van der Waals surface area (Å²) in [5.74, 6) is 5.00. The van der Waals surface area contributed by atoms with Crippen LogP contribution in [-0.4, -0.2) is 25.0 Å². The van der Waals surface area contributed by atoms with Crippen molar-refractivity contribution in [2.45, 2.75) is 6.92 Å². The molecule has 0 aromatic carbocycles. The Morgan fingerprint density at radius 1 is 1.58 bits per heavy atom. The van der Waals surface area contributed by atoms with Gasteiger partial charge in [0, 0.05) is 13.5 Å². The lowest BCUT2D eigenvalue weighted by molar-refractivity contribution is -0.118. The minimum atomic E-state index is -0.0838. The molecule has 0 radical (unpaired) electrons. The first kappa shape index (κ1) is 13.7. The minimum Gasteiger partial charge on any atom is -0.369 e. The van der Waals surface area contributed by atoms with E-state index in [4.69, 9.17) is 11.6 Å². The van der Waals surface area contributed by atoms with E-state index in [0.29, 0.717) is 13.1 Å². The number of nitrogens with zero attached hydrogens (tertiary/aromatic N) is 1. The molecule has 0 rings (SSSR count). The summed E-state index contributed by atoms with van der Waals surface area (Å²) in [6, 6.07) is 0. The van der Waals surface area contributed by atoms with Crippen molar-refractivity contribution in [3.8, 4) is 0 Å². The van der Waals surface area contributed by atoms with E-state index in [1.807, 2.05) is 0 Å². The summed E-state index contributed by atoms with van der Waals surface area (Å²) in [4.78, 5) is 14.1. The first-order valence-corrected chi connectivity index (χ1v) is 3.17. The Bertz CT molecular complexity index is 160. The number of carbonyl (C=O) groups is 1. The monoisotopic (exact) mass is 239 g/mol. The second-order valence-electron chi connectivity index (χ2n) is 1.89. The molecule has 0 aliphatic rings. The molecule has 0 fully saturated rings. The van der Waals surface area contributed by atoms with E-state index >= 15 is 0 Å². The average molecular weight is 240 g/mol. The molecule has 0 aliphatic carbocycles. The lowest BCUT2D eigenvalue weighted by Crippen LogP contribution is -2.37. The molecule has 7 heteroatoms. The highest BCUT2D eigenvalue weighted by molar-refractivity contribution is 8.93. The quantitative estimate of drug-likeness (QED) is 0.158. The van der Waals surface area contributed by atoms with Gasteiger partial charge >= 0.3 is 0 Å². The van der Waals surface area contributed by atoms with Crippen LogP contribution in [-0.2, 0) is 4.79 Å². The highest BCUT2D eigenvalue weighted by Gasteiger charge is 1.88. The smallest absolute Gasteiger partial charge is 0.216 e. The fraction of sp³-hybridized carbons (Fsp3) is 0.600. The van der Waals surface area contributed by atoms with E-state index in [-0.39, 0.29) is 28.8 Å². The summed E-state index contributed by atoms with van der Waals surface area (Å²) in [6.45, 7) is 2.33. The fourth-order valence-corrected chi connectivity index (χ4v) is 0.454. The lowest BCUT2D eigenvalue weighted by atomic mass is 10.6. The van der Waals surface area contributed by atoms with E-state index in [2.05, 4.69) is 15.7 Å². The van der Waals surface area contributed by atoms with Crippen LogP contribution in [0.25, 0.3) is 0 Å². The number of halogens is 1. The number of aliphatic imine (C=N–C) groups is 1. The number of nitrogens with two attached hydrogens (primary N) is 2. The third kappa shape index (κ3) is 9.18. The van der Waals surface area contributed by atoms with Crippen molar-refractivity contribution in [1.29, 1.82) is 0 Å². The van der Waals surface area contributed by atoms with E-state index in [1.165, 1.54) is 6.92 Å². The van der Waals surface area contributed by atoms with Crippen LogP contribution in [0, 0.1) is 0 Å². The number of hydrogen-bond donors (Lipinski definition) is 4. The number of hydrogen-bond acceptors (Lipinski definition) is 3. The normalized spacial score (nSPS) is 10.0. The van der Waals surface area contributed by atoms with Crippen LogP contribution in [0.15, 0.2) is 4.99 Å². The van der Waals surface area contributed by atoms with Crippen LogP contribution in [0.5, 0.6) is 0 Å². The molecular formula is C5H14BrN5O. The Balaban J connectivity index is 0. The molecule has 0 saturated heterocycles. The summed E-state index contributed by atoms with van der Waals surface area (Å²) >= 11 is 0. The van der Waals surface area contributed by atoms with Crippen LogP contribution >= 0.6 is 17.0 Å². The van der Waals surface area contributed by atoms with Crippen molar-refractivity contribution in [3.05, 3.63) is 0 Å². The van der Waals surface area contributed by atoms with Crippen LogP contribution in [0.2, 0.25) is 0 Å². The summed E-state index contributed by atoms with van der Waals surface area (Å²) in [5.41, 5.74) is 7.36. The van der Waals surface area contributed by atoms with Gasteiger partial charge in [0.25, 0.3) is 0 Å². The molecule has 1 amide bonds. The van der Waals surface area contributed by atoms with Gasteiger partial charge in [-0.2, -0.15) is 0 Å². The molecule has 0 atom stereocenters. The van der Waals surface area contributed by atoms with Crippen LogP contribution < -0.4 is 22.3 Å². The largest absolute Gasteiger partial charge is 0.369 e. The number of rotatable bonds is 3. The molecule has 0 saturated carbocycles. The minimum absolute atomic E-state index is 0. The van der Waals surface area contributed by atoms with Crippen LogP contribution in [0.4, 0.5) is 0 Å². The molecule has 0 spiro atoms. The summed E-state index contributed by atoms with van der Waals surface area (Å²) in [5, 5.41) is 2.55. The van der Waals surface area contributed by atoms with Crippen molar-refractivity contribution in [3.63, 3.8) is 0 Å². The Morgan fingerprint density at radius 2 is 2.17 bits per heavy atom. The number of nitrogens with one attached hydrogen (secondary N) is 2. The first-order valence-electron chi connectivity index (χ1n) is 3.17. The zero-order chi connectivity index (χ0) is 8.69. The maximum absolute atomic E-state index is 10.3. The Morgan fingerprint density at radius 3 is 2.58 bits per heavy atom. The van der Waals surface area contributed by atoms with Gasteiger partial charge in [-0.1, -0.05) is 0 Å². The van der Waals surface area contributed by atoms with Crippen molar-refractivity contribution in [2.75, 3.05) is 13.1 Å². The number of carbonyl (C=O) groups excluding carboxylic acids is 1. The lowest BCUT2D eigenvalue weighted by Gasteiger charge is -1.99. The highest BCUT2D eigenvalue weighted by Crippen LogP contribution is 1.67. The van der Waals surface area contributed by atoms with Gasteiger partial charge in [0.1, 0.15) is 0 Å². The summed E-state index contributed by atoms with van der Waals surface area (Å²) in [6.07, 6.45) is 0. The maximum Gasteiger partial charge on any atom is 0.216 e. The summed E-state index contributed by atoms with van der Waals surface area (Å²) in [7, 11) is 0. The third-order valence-corrected chi connectivity index (χ3v) is 0.916. The van der Waals surface area contributed by atoms with E-state index < -0.39 is 0 Å². The van der Waals surface area contributed by atoms with Crippen LogP contribution in [0.3, 0.4) is 0 Å². The van der Waals surface area contributed by atoms with E-state index in [9.17, 15) is 4.79 Å². The van der Waals surface area contributed by atoms with Crippen molar-refractivity contribution in [2.24, 2.45) is 16.6 Å². The zero-order valence-corrected chi connectivity index (χ0v) is 8.55.